The highest BCUT2D eigenvalue weighted by Gasteiger charge is 2.29. The van der Waals surface area contributed by atoms with Crippen LogP contribution in [0.5, 0.6) is 0 Å². The van der Waals surface area contributed by atoms with Crippen LogP contribution in [0.4, 0.5) is 0 Å². The average Bonchev–Trinajstić information content (AvgIpc) is 2.84. The number of nitrogens with two attached hydrogens (primary N) is 1. The van der Waals surface area contributed by atoms with E-state index in [1.165, 1.54) is 0 Å². The fraction of sp³-hybridized carbons (Fsp3) is 1.00. The third kappa shape index (κ3) is 3.94. The van der Waals surface area contributed by atoms with Gasteiger partial charge in [-0.2, -0.15) is 0 Å². The molecule has 0 spiro atoms. The van der Waals surface area contributed by atoms with Crippen molar-refractivity contribution in [3.8, 4) is 0 Å². The number of hydrogen-bond donors (Lipinski definition) is 2. The van der Waals surface area contributed by atoms with Crippen LogP contribution in [0.1, 0.15) is 26.7 Å². The molecule has 0 saturated heterocycles. The van der Waals surface area contributed by atoms with Crippen LogP contribution in [0.25, 0.3) is 0 Å². The van der Waals surface area contributed by atoms with Crippen molar-refractivity contribution in [2.24, 2.45) is 17.6 Å². The first-order chi connectivity index (χ1) is 6.44. The van der Waals surface area contributed by atoms with E-state index in [-0.39, 0.29) is 17.7 Å². The van der Waals surface area contributed by atoms with Gasteiger partial charge in [-0.1, -0.05) is 6.92 Å². The van der Waals surface area contributed by atoms with Gasteiger partial charge in [-0.3, -0.25) is 0 Å². The highest BCUT2D eigenvalue weighted by atomic mass is 32.2. The summed E-state index contributed by atoms with van der Waals surface area (Å²) in [5.74, 6) is 0.867. The molecule has 1 aliphatic rings. The molecule has 84 valence electrons. The van der Waals surface area contributed by atoms with Gasteiger partial charge >= 0.3 is 0 Å². The lowest BCUT2D eigenvalue weighted by Gasteiger charge is -2.19. The minimum Gasteiger partial charge on any atom is -0.330 e. The molecule has 1 aliphatic carbocycles. The topological polar surface area (TPSA) is 72.2 Å². The van der Waals surface area contributed by atoms with Gasteiger partial charge in [0.1, 0.15) is 0 Å². The van der Waals surface area contributed by atoms with Crippen LogP contribution in [0.15, 0.2) is 0 Å². The van der Waals surface area contributed by atoms with E-state index in [9.17, 15) is 8.42 Å². The van der Waals surface area contributed by atoms with Crippen molar-refractivity contribution in [3.63, 3.8) is 0 Å². The highest BCUT2D eigenvalue weighted by molar-refractivity contribution is 7.89. The summed E-state index contributed by atoms with van der Waals surface area (Å²) >= 11 is 0. The van der Waals surface area contributed by atoms with Gasteiger partial charge in [0.05, 0.1) is 5.75 Å². The number of nitrogens with one attached hydrogen (secondary N) is 1. The Bertz CT molecular complexity index is 273. The summed E-state index contributed by atoms with van der Waals surface area (Å²) in [7, 11) is -3.08. The molecule has 0 amide bonds. The molecular weight excluding hydrogens is 200 g/mol. The molecule has 1 fully saturated rings. The van der Waals surface area contributed by atoms with E-state index in [4.69, 9.17) is 5.73 Å². The smallest absolute Gasteiger partial charge is 0.212 e. The summed E-state index contributed by atoms with van der Waals surface area (Å²) in [6, 6.07) is -0.0660. The van der Waals surface area contributed by atoms with Crippen LogP contribution in [0.3, 0.4) is 0 Å². The van der Waals surface area contributed by atoms with Crippen molar-refractivity contribution in [3.05, 3.63) is 0 Å². The zero-order valence-corrected chi connectivity index (χ0v) is 9.68. The van der Waals surface area contributed by atoms with Gasteiger partial charge in [0.25, 0.3) is 0 Å². The molecule has 1 rings (SSSR count). The molecule has 3 N–H and O–H groups in total. The zero-order chi connectivity index (χ0) is 10.8. The Morgan fingerprint density at radius 1 is 1.43 bits per heavy atom. The van der Waals surface area contributed by atoms with E-state index in [0.29, 0.717) is 12.5 Å². The minimum absolute atomic E-state index is 0.0660. The summed E-state index contributed by atoms with van der Waals surface area (Å²) in [4.78, 5) is 0. The fourth-order valence-electron chi connectivity index (χ4n) is 1.25. The van der Waals surface area contributed by atoms with Gasteiger partial charge in [-0.05, 0) is 38.1 Å². The SMILES string of the molecule is CC(CN)C(C)NS(=O)(=O)CC1CC1. The molecule has 14 heavy (non-hydrogen) atoms. The van der Waals surface area contributed by atoms with Gasteiger partial charge in [0.15, 0.2) is 0 Å². The van der Waals surface area contributed by atoms with Crippen LogP contribution in [-0.4, -0.2) is 26.8 Å². The molecule has 0 heterocycles. The van der Waals surface area contributed by atoms with Gasteiger partial charge in [0, 0.05) is 6.04 Å². The zero-order valence-electron chi connectivity index (χ0n) is 8.86. The van der Waals surface area contributed by atoms with Crippen LogP contribution in [0, 0.1) is 11.8 Å². The number of hydrogen-bond acceptors (Lipinski definition) is 3. The second-order valence-electron chi connectivity index (χ2n) is 4.34. The van der Waals surface area contributed by atoms with Crippen LogP contribution >= 0.6 is 0 Å². The van der Waals surface area contributed by atoms with Gasteiger partial charge < -0.3 is 5.73 Å². The quantitative estimate of drug-likeness (QED) is 0.676. The van der Waals surface area contributed by atoms with Crippen molar-refractivity contribution in [1.29, 1.82) is 0 Å². The van der Waals surface area contributed by atoms with E-state index in [2.05, 4.69) is 4.72 Å². The Labute approximate surface area is 86.3 Å². The predicted molar refractivity (Wildman–Crippen MR) is 57.3 cm³/mol. The third-order valence-electron chi connectivity index (χ3n) is 2.74. The Hall–Kier alpha value is -0.130. The van der Waals surface area contributed by atoms with Crippen LogP contribution in [0.2, 0.25) is 0 Å². The molecule has 1 saturated carbocycles. The Morgan fingerprint density at radius 3 is 2.43 bits per heavy atom. The molecule has 5 heteroatoms. The lowest BCUT2D eigenvalue weighted by Crippen LogP contribution is -2.41. The molecule has 0 aromatic rings. The Balaban J connectivity index is 2.40. The standard InChI is InChI=1S/C9H20N2O2S/c1-7(5-10)8(2)11-14(12,13)6-9-3-4-9/h7-9,11H,3-6,10H2,1-2H3. The highest BCUT2D eigenvalue weighted by Crippen LogP contribution is 2.30. The second-order valence-corrected chi connectivity index (χ2v) is 6.14. The first-order valence-corrected chi connectivity index (χ1v) is 6.80. The van der Waals surface area contributed by atoms with Crippen molar-refractivity contribution >= 4 is 10.0 Å². The van der Waals surface area contributed by atoms with E-state index < -0.39 is 10.0 Å². The molecule has 0 bridgehead atoms. The monoisotopic (exact) mass is 220 g/mol. The maximum Gasteiger partial charge on any atom is 0.212 e. The largest absolute Gasteiger partial charge is 0.330 e. The fourth-order valence-corrected chi connectivity index (χ4v) is 3.10. The van der Waals surface area contributed by atoms with Gasteiger partial charge in [0.2, 0.25) is 10.0 Å². The Kier molecular flexibility index (Phi) is 3.92. The van der Waals surface area contributed by atoms with Crippen LogP contribution < -0.4 is 10.5 Å². The summed E-state index contributed by atoms with van der Waals surface area (Å²) in [6.07, 6.45) is 2.11. The van der Waals surface area contributed by atoms with Crippen molar-refractivity contribution in [1.82, 2.24) is 4.72 Å². The molecule has 2 atom stereocenters. The summed E-state index contributed by atoms with van der Waals surface area (Å²) in [5.41, 5.74) is 5.47. The van der Waals surface area contributed by atoms with E-state index in [0.717, 1.165) is 12.8 Å². The second kappa shape index (κ2) is 4.59. The first-order valence-electron chi connectivity index (χ1n) is 5.14. The third-order valence-corrected chi connectivity index (χ3v) is 4.38. The summed E-state index contributed by atoms with van der Waals surface area (Å²) in [5, 5.41) is 0. The van der Waals surface area contributed by atoms with Gasteiger partial charge in [-0.15, -0.1) is 0 Å². The van der Waals surface area contributed by atoms with Crippen molar-refractivity contribution < 1.29 is 8.42 Å². The van der Waals surface area contributed by atoms with Crippen LogP contribution in [-0.2, 0) is 10.0 Å². The maximum absolute atomic E-state index is 11.6. The molecule has 0 aliphatic heterocycles. The minimum atomic E-state index is -3.08. The number of rotatable bonds is 6. The molecule has 0 aromatic carbocycles. The molecule has 2 unspecified atom stereocenters. The van der Waals surface area contributed by atoms with Crippen molar-refractivity contribution in [2.75, 3.05) is 12.3 Å². The molecule has 0 radical (unpaired) electrons. The lowest BCUT2D eigenvalue weighted by atomic mass is 10.1. The van der Waals surface area contributed by atoms with E-state index in [1.54, 1.807) is 0 Å². The molecular formula is C9H20N2O2S. The first kappa shape index (κ1) is 11.9. The average molecular weight is 220 g/mol. The van der Waals surface area contributed by atoms with E-state index in [1.807, 2.05) is 13.8 Å². The van der Waals surface area contributed by atoms with Gasteiger partial charge in [-0.25, -0.2) is 13.1 Å². The number of sulfonamides is 1. The normalized spacial score (nSPS) is 21.9. The summed E-state index contributed by atoms with van der Waals surface area (Å²) in [6.45, 7) is 4.32. The predicted octanol–water partition coefficient (Wildman–Crippen LogP) is 0.299. The van der Waals surface area contributed by atoms with Crippen molar-refractivity contribution in [2.45, 2.75) is 32.7 Å². The van der Waals surface area contributed by atoms with E-state index >= 15 is 0 Å². The molecule has 0 aromatic heterocycles. The Morgan fingerprint density at radius 2 is 2.00 bits per heavy atom. The maximum atomic E-state index is 11.6. The summed E-state index contributed by atoms with van der Waals surface area (Å²) < 4.78 is 25.8. The molecule has 4 nitrogen and oxygen atoms in total. The lowest BCUT2D eigenvalue weighted by molar-refractivity contribution is 0.452.